The Balaban J connectivity index is 1.81. The van der Waals surface area contributed by atoms with Crippen LogP contribution in [0.4, 0.5) is 10.5 Å². The number of ether oxygens (including phenoxy) is 3. The third-order valence-corrected chi connectivity index (χ3v) is 4.83. The first-order chi connectivity index (χ1) is 15.7. The van der Waals surface area contributed by atoms with Crippen molar-refractivity contribution in [2.75, 3.05) is 20.8 Å². The van der Waals surface area contributed by atoms with Crippen LogP contribution in [-0.2, 0) is 20.9 Å². The summed E-state index contributed by atoms with van der Waals surface area (Å²) in [6.07, 6.45) is 1.37. The SMILES string of the molecule is COC(=O)CN1C(=O)N/C(=C/c2cc(Cl)c(OCc3cccc([N+](=O)[O-])c3)c(OC)c2)C1=O. The van der Waals surface area contributed by atoms with E-state index < -0.39 is 29.4 Å². The van der Waals surface area contributed by atoms with Crippen LogP contribution in [0.3, 0.4) is 0 Å². The van der Waals surface area contributed by atoms with Crippen molar-refractivity contribution in [2.45, 2.75) is 6.61 Å². The van der Waals surface area contributed by atoms with E-state index in [2.05, 4.69) is 10.1 Å². The molecule has 172 valence electrons. The Labute approximate surface area is 192 Å². The smallest absolute Gasteiger partial charge is 0.329 e. The lowest BCUT2D eigenvalue weighted by atomic mass is 10.1. The summed E-state index contributed by atoms with van der Waals surface area (Å²) in [5.74, 6) is -1.01. The fourth-order valence-electron chi connectivity index (χ4n) is 2.95. The first-order valence-corrected chi connectivity index (χ1v) is 9.76. The van der Waals surface area contributed by atoms with Crippen LogP contribution in [0.2, 0.25) is 5.02 Å². The molecule has 1 aliphatic heterocycles. The van der Waals surface area contributed by atoms with Crippen LogP contribution >= 0.6 is 11.6 Å². The number of esters is 1. The van der Waals surface area contributed by atoms with E-state index >= 15 is 0 Å². The van der Waals surface area contributed by atoms with Gasteiger partial charge in [-0.15, -0.1) is 0 Å². The van der Waals surface area contributed by atoms with E-state index in [1.807, 2.05) is 0 Å². The maximum Gasteiger partial charge on any atom is 0.329 e. The Bertz CT molecular complexity index is 1160. The predicted molar refractivity (Wildman–Crippen MR) is 116 cm³/mol. The second kappa shape index (κ2) is 10.0. The summed E-state index contributed by atoms with van der Waals surface area (Å²) in [6.45, 7) is -0.526. The molecule has 2 aromatic rings. The molecule has 0 radical (unpaired) electrons. The number of halogens is 1. The molecule has 0 aliphatic carbocycles. The van der Waals surface area contributed by atoms with Gasteiger partial charge in [-0.25, -0.2) is 9.69 Å². The van der Waals surface area contributed by atoms with Crippen LogP contribution in [0.1, 0.15) is 11.1 Å². The summed E-state index contributed by atoms with van der Waals surface area (Å²) in [4.78, 5) is 47.0. The van der Waals surface area contributed by atoms with Gasteiger partial charge in [0.25, 0.3) is 11.6 Å². The highest BCUT2D eigenvalue weighted by Gasteiger charge is 2.35. The summed E-state index contributed by atoms with van der Waals surface area (Å²) >= 11 is 6.34. The van der Waals surface area contributed by atoms with Crippen molar-refractivity contribution >= 4 is 41.3 Å². The lowest BCUT2D eigenvalue weighted by Crippen LogP contribution is -2.36. The molecule has 12 heteroatoms. The molecule has 1 aliphatic rings. The van der Waals surface area contributed by atoms with Crippen LogP contribution in [0.25, 0.3) is 6.08 Å². The zero-order chi connectivity index (χ0) is 24.1. The van der Waals surface area contributed by atoms with Gasteiger partial charge in [-0.05, 0) is 29.3 Å². The normalized spacial score (nSPS) is 14.3. The molecule has 1 heterocycles. The molecule has 1 N–H and O–H groups in total. The second-order valence-corrected chi connectivity index (χ2v) is 7.11. The van der Waals surface area contributed by atoms with Gasteiger partial charge in [0.2, 0.25) is 0 Å². The summed E-state index contributed by atoms with van der Waals surface area (Å²) in [5, 5.41) is 13.5. The van der Waals surface area contributed by atoms with Gasteiger partial charge >= 0.3 is 12.0 Å². The molecule has 1 fully saturated rings. The molecule has 1 saturated heterocycles. The Kier molecular flexibility index (Phi) is 7.13. The Morgan fingerprint density at radius 3 is 2.67 bits per heavy atom. The average molecular weight is 476 g/mol. The number of benzene rings is 2. The number of methoxy groups -OCH3 is 2. The van der Waals surface area contributed by atoms with Gasteiger partial charge < -0.3 is 19.5 Å². The number of urea groups is 1. The molecule has 11 nitrogen and oxygen atoms in total. The maximum atomic E-state index is 12.4. The highest BCUT2D eigenvalue weighted by atomic mass is 35.5. The largest absolute Gasteiger partial charge is 0.493 e. The minimum Gasteiger partial charge on any atom is -0.493 e. The van der Waals surface area contributed by atoms with Crippen molar-refractivity contribution in [3.05, 3.63) is 68.4 Å². The topological polar surface area (TPSA) is 137 Å². The van der Waals surface area contributed by atoms with E-state index in [4.69, 9.17) is 21.1 Å². The number of nitro benzene ring substituents is 1. The van der Waals surface area contributed by atoms with E-state index in [9.17, 15) is 24.5 Å². The standard InChI is InChI=1S/C21H18ClN3O8/c1-31-17-9-13(8-16-20(27)24(21(28)23-16)10-18(26)32-2)7-15(22)19(17)33-11-12-4-3-5-14(6-12)25(29)30/h3-9H,10-11H2,1-2H3,(H,23,28)/b16-8+. The van der Waals surface area contributed by atoms with E-state index in [0.29, 0.717) is 16.0 Å². The molecule has 0 unspecified atom stereocenters. The Morgan fingerprint density at radius 2 is 2.00 bits per heavy atom. The maximum absolute atomic E-state index is 12.4. The molecular formula is C21H18ClN3O8. The summed E-state index contributed by atoms with van der Waals surface area (Å²) < 4.78 is 15.5. The number of hydrogen-bond donors (Lipinski definition) is 1. The van der Waals surface area contributed by atoms with E-state index in [1.165, 1.54) is 37.5 Å². The average Bonchev–Trinajstić information content (AvgIpc) is 3.05. The molecule has 33 heavy (non-hydrogen) atoms. The number of nitro groups is 1. The lowest BCUT2D eigenvalue weighted by Gasteiger charge is -2.13. The fraction of sp³-hybridized carbons (Fsp3) is 0.190. The zero-order valence-corrected chi connectivity index (χ0v) is 18.2. The molecule has 3 rings (SSSR count). The van der Waals surface area contributed by atoms with E-state index in [1.54, 1.807) is 12.1 Å². The summed E-state index contributed by atoms with van der Waals surface area (Å²) in [6, 6.07) is 8.23. The second-order valence-electron chi connectivity index (χ2n) is 6.71. The van der Waals surface area contributed by atoms with Crippen LogP contribution in [0, 0.1) is 10.1 Å². The molecule has 0 saturated carbocycles. The fourth-order valence-corrected chi connectivity index (χ4v) is 3.23. The number of carbonyl (C=O) groups is 3. The van der Waals surface area contributed by atoms with Gasteiger partial charge in [0.05, 0.1) is 24.2 Å². The molecule has 2 aromatic carbocycles. The molecular weight excluding hydrogens is 458 g/mol. The number of nitrogens with zero attached hydrogens (tertiary/aromatic N) is 2. The lowest BCUT2D eigenvalue weighted by molar-refractivity contribution is -0.384. The van der Waals surface area contributed by atoms with Crippen molar-refractivity contribution < 1.29 is 33.5 Å². The number of amides is 3. The van der Waals surface area contributed by atoms with E-state index in [-0.39, 0.29) is 34.5 Å². The number of imide groups is 1. The molecule has 3 amide bonds. The van der Waals surface area contributed by atoms with Gasteiger partial charge in [-0.2, -0.15) is 0 Å². The van der Waals surface area contributed by atoms with Crippen molar-refractivity contribution in [1.29, 1.82) is 0 Å². The highest BCUT2D eigenvalue weighted by Crippen LogP contribution is 2.37. The molecule has 0 bridgehead atoms. The first kappa shape index (κ1) is 23.5. The van der Waals surface area contributed by atoms with Gasteiger partial charge in [-0.3, -0.25) is 19.7 Å². The van der Waals surface area contributed by atoms with Crippen LogP contribution in [0.5, 0.6) is 11.5 Å². The van der Waals surface area contributed by atoms with Gasteiger partial charge in [-0.1, -0.05) is 23.7 Å². The summed E-state index contributed by atoms with van der Waals surface area (Å²) in [5.41, 5.74) is 0.842. The zero-order valence-electron chi connectivity index (χ0n) is 17.5. The molecule has 0 atom stereocenters. The first-order valence-electron chi connectivity index (χ1n) is 9.38. The Morgan fingerprint density at radius 1 is 1.24 bits per heavy atom. The van der Waals surface area contributed by atoms with E-state index in [0.717, 1.165) is 7.11 Å². The number of carbonyl (C=O) groups excluding carboxylic acids is 3. The molecule has 0 aromatic heterocycles. The highest BCUT2D eigenvalue weighted by molar-refractivity contribution is 6.32. The number of rotatable bonds is 8. The predicted octanol–water partition coefficient (Wildman–Crippen LogP) is 2.90. The van der Waals surface area contributed by atoms with Crippen molar-refractivity contribution in [2.24, 2.45) is 0 Å². The quantitative estimate of drug-likeness (QED) is 0.202. The van der Waals surface area contributed by atoms with Crippen molar-refractivity contribution in [1.82, 2.24) is 10.2 Å². The number of nitrogens with one attached hydrogen (secondary N) is 1. The third kappa shape index (κ3) is 5.39. The van der Waals surface area contributed by atoms with Gasteiger partial charge in [0.1, 0.15) is 18.8 Å². The summed E-state index contributed by atoms with van der Waals surface area (Å²) in [7, 11) is 2.54. The van der Waals surface area contributed by atoms with Gasteiger partial charge in [0.15, 0.2) is 11.5 Å². The minimum atomic E-state index is -0.758. The minimum absolute atomic E-state index is 0.00473. The number of non-ortho nitro benzene ring substituents is 1. The Hall–Kier alpha value is -4.12. The van der Waals surface area contributed by atoms with Crippen LogP contribution in [0.15, 0.2) is 42.1 Å². The molecule has 0 spiro atoms. The van der Waals surface area contributed by atoms with Gasteiger partial charge in [0, 0.05) is 12.1 Å². The van der Waals surface area contributed by atoms with Crippen molar-refractivity contribution in [3.63, 3.8) is 0 Å². The van der Waals surface area contributed by atoms with Crippen molar-refractivity contribution in [3.8, 4) is 11.5 Å². The number of hydrogen-bond acceptors (Lipinski definition) is 8. The van der Waals surface area contributed by atoms with Crippen LogP contribution < -0.4 is 14.8 Å². The monoisotopic (exact) mass is 475 g/mol. The third-order valence-electron chi connectivity index (χ3n) is 4.54. The van der Waals surface area contributed by atoms with Crippen LogP contribution in [-0.4, -0.2) is 48.5 Å².